The molecule has 0 atom stereocenters. The van der Waals surface area contributed by atoms with Crippen molar-refractivity contribution in [1.29, 1.82) is 0 Å². The number of furan rings is 1. The quantitative estimate of drug-likeness (QED) is 0.846. The van der Waals surface area contributed by atoms with E-state index in [1.54, 1.807) is 6.07 Å². The average molecular weight is 373 g/mol. The highest BCUT2D eigenvalue weighted by molar-refractivity contribution is 9.10. The molecule has 0 saturated carbocycles. The summed E-state index contributed by atoms with van der Waals surface area (Å²) < 4.78 is 31.3. The van der Waals surface area contributed by atoms with Crippen LogP contribution in [0.5, 0.6) is 0 Å². The standard InChI is InChI=1S/C14H17BrN2O3S/c1-17(2)21(18,19)14-7-6-13(20-14)10-16-9-11-4-3-5-12(15)8-11/h3-8,16H,9-10H2,1-2H3. The van der Waals surface area contributed by atoms with Gasteiger partial charge in [-0.25, -0.2) is 12.7 Å². The number of rotatable bonds is 6. The lowest BCUT2D eigenvalue weighted by atomic mass is 10.2. The van der Waals surface area contributed by atoms with Gasteiger partial charge in [-0.15, -0.1) is 0 Å². The molecule has 7 heteroatoms. The van der Waals surface area contributed by atoms with Gasteiger partial charge in [-0.3, -0.25) is 0 Å². The number of nitrogens with one attached hydrogen (secondary N) is 1. The highest BCUT2D eigenvalue weighted by atomic mass is 79.9. The zero-order chi connectivity index (χ0) is 15.5. The van der Waals surface area contributed by atoms with Crippen LogP contribution in [0.25, 0.3) is 0 Å². The molecule has 0 aliphatic heterocycles. The Balaban J connectivity index is 1.95. The van der Waals surface area contributed by atoms with Gasteiger partial charge in [0.05, 0.1) is 6.54 Å². The third kappa shape index (κ3) is 4.16. The Morgan fingerprint density at radius 1 is 1.19 bits per heavy atom. The second-order valence-corrected chi connectivity index (χ2v) is 7.74. The number of hydrogen-bond donors (Lipinski definition) is 1. The number of nitrogens with zero attached hydrogens (tertiary/aromatic N) is 1. The second-order valence-electron chi connectivity index (χ2n) is 4.74. The number of hydrogen-bond acceptors (Lipinski definition) is 4. The smallest absolute Gasteiger partial charge is 0.275 e. The van der Waals surface area contributed by atoms with Crippen molar-refractivity contribution in [3.8, 4) is 0 Å². The minimum absolute atomic E-state index is 0.0354. The van der Waals surface area contributed by atoms with Crippen molar-refractivity contribution in [3.05, 3.63) is 52.2 Å². The molecule has 0 spiro atoms. The average Bonchev–Trinajstić information content (AvgIpc) is 2.88. The minimum Gasteiger partial charge on any atom is -0.447 e. The molecule has 0 saturated heterocycles. The summed E-state index contributed by atoms with van der Waals surface area (Å²) in [6, 6.07) is 11.1. The van der Waals surface area contributed by atoms with Crippen LogP contribution in [0.1, 0.15) is 11.3 Å². The van der Waals surface area contributed by atoms with Crippen LogP contribution in [0, 0.1) is 0 Å². The predicted octanol–water partition coefficient (Wildman–Crippen LogP) is 2.58. The van der Waals surface area contributed by atoms with Crippen LogP contribution in [-0.2, 0) is 23.1 Å². The Bertz CT molecular complexity index is 711. The molecule has 0 amide bonds. The maximum Gasteiger partial charge on any atom is 0.275 e. The highest BCUT2D eigenvalue weighted by Crippen LogP contribution is 2.17. The first-order valence-corrected chi connectivity index (χ1v) is 8.59. The van der Waals surface area contributed by atoms with Gasteiger partial charge in [-0.05, 0) is 29.8 Å². The van der Waals surface area contributed by atoms with E-state index in [9.17, 15) is 8.42 Å². The van der Waals surface area contributed by atoms with Crippen molar-refractivity contribution in [1.82, 2.24) is 9.62 Å². The zero-order valence-electron chi connectivity index (χ0n) is 11.8. The molecule has 5 nitrogen and oxygen atoms in total. The van der Waals surface area contributed by atoms with Crippen molar-refractivity contribution < 1.29 is 12.8 Å². The fourth-order valence-corrected chi connectivity index (χ4v) is 3.01. The summed E-state index contributed by atoms with van der Waals surface area (Å²) in [5, 5.41) is 3.18. The van der Waals surface area contributed by atoms with Crippen molar-refractivity contribution in [2.45, 2.75) is 18.2 Å². The molecule has 114 valence electrons. The molecule has 0 aliphatic rings. The van der Waals surface area contributed by atoms with Gasteiger partial charge < -0.3 is 9.73 Å². The first-order chi connectivity index (χ1) is 9.89. The molecule has 1 aromatic carbocycles. The predicted molar refractivity (Wildman–Crippen MR) is 84.3 cm³/mol. The van der Waals surface area contributed by atoms with E-state index in [0.29, 0.717) is 18.8 Å². The van der Waals surface area contributed by atoms with Crippen LogP contribution in [0.3, 0.4) is 0 Å². The monoisotopic (exact) mass is 372 g/mol. The molecule has 2 aromatic rings. The Morgan fingerprint density at radius 2 is 1.95 bits per heavy atom. The molecule has 0 bridgehead atoms. The van der Waals surface area contributed by atoms with Crippen LogP contribution in [0.2, 0.25) is 0 Å². The first-order valence-electron chi connectivity index (χ1n) is 6.36. The van der Waals surface area contributed by atoms with Crippen LogP contribution in [0.15, 0.2) is 50.4 Å². The summed E-state index contributed by atoms with van der Waals surface area (Å²) in [6.07, 6.45) is 0. The van der Waals surface area contributed by atoms with Gasteiger partial charge in [0.15, 0.2) is 0 Å². The number of sulfonamides is 1. The van der Waals surface area contributed by atoms with Gasteiger partial charge >= 0.3 is 0 Å². The topological polar surface area (TPSA) is 62.6 Å². The molecular weight excluding hydrogens is 356 g/mol. The van der Waals surface area contributed by atoms with E-state index in [4.69, 9.17) is 4.42 Å². The summed E-state index contributed by atoms with van der Waals surface area (Å²) >= 11 is 3.42. The number of benzene rings is 1. The Labute approximate surface area is 133 Å². The van der Waals surface area contributed by atoms with E-state index in [2.05, 4.69) is 21.2 Å². The fourth-order valence-electron chi connectivity index (χ4n) is 1.75. The van der Waals surface area contributed by atoms with Gasteiger partial charge in [-0.2, -0.15) is 0 Å². The van der Waals surface area contributed by atoms with E-state index >= 15 is 0 Å². The van der Waals surface area contributed by atoms with E-state index in [-0.39, 0.29) is 5.09 Å². The van der Waals surface area contributed by atoms with Gasteiger partial charge in [0.2, 0.25) is 5.09 Å². The van der Waals surface area contributed by atoms with Crippen molar-refractivity contribution >= 4 is 26.0 Å². The molecule has 21 heavy (non-hydrogen) atoms. The van der Waals surface area contributed by atoms with E-state index < -0.39 is 10.0 Å². The summed E-state index contributed by atoms with van der Waals surface area (Å²) in [7, 11) is -0.556. The lowest BCUT2D eigenvalue weighted by molar-refractivity contribution is 0.389. The molecule has 1 N–H and O–H groups in total. The maximum absolute atomic E-state index is 11.9. The lowest BCUT2D eigenvalue weighted by Crippen LogP contribution is -2.21. The first kappa shape index (κ1) is 16.2. The second kappa shape index (κ2) is 6.74. The maximum atomic E-state index is 11.9. The van der Waals surface area contributed by atoms with Gasteiger partial charge in [-0.1, -0.05) is 28.1 Å². The van der Waals surface area contributed by atoms with Crippen LogP contribution >= 0.6 is 15.9 Å². The van der Waals surface area contributed by atoms with Crippen molar-refractivity contribution in [3.63, 3.8) is 0 Å². The molecule has 0 fully saturated rings. The molecule has 0 aliphatic carbocycles. The normalized spacial score (nSPS) is 12.0. The Kier molecular flexibility index (Phi) is 5.21. The molecule has 1 heterocycles. The van der Waals surface area contributed by atoms with Gasteiger partial charge in [0.25, 0.3) is 10.0 Å². The van der Waals surface area contributed by atoms with E-state index in [0.717, 1.165) is 14.3 Å². The van der Waals surface area contributed by atoms with Crippen molar-refractivity contribution in [2.75, 3.05) is 14.1 Å². The van der Waals surface area contributed by atoms with E-state index in [1.807, 2.05) is 24.3 Å². The zero-order valence-corrected chi connectivity index (χ0v) is 14.2. The van der Waals surface area contributed by atoms with Crippen LogP contribution < -0.4 is 5.32 Å². The van der Waals surface area contributed by atoms with Gasteiger partial charge in [0, 0.05) is 25.1 Å². The summed E-state index contributed by atoms with van der Waals surface area (Å²) in [6.45, 7) is 1.14. The summed E-state index contributed by atoms with van der Waals surface area (Å²) in [5.41, 5.74) is 1.14. The third-order valence-corrected chi connectivity index (χ3v) is 5.07. The lowest BCUT2D eigenvalue weighted by Gasteiger charge is -2.08. The molecule has 0 unspecified atom stereocenters. The summed E-state index contributed by atoms with van der Waals surface area (Å²) in [5.74, 6) is 0.588. The summed E-state index contributed by atoms with van der Waals surface area (Å²) in [4.78, 5) is 0. The van der Waals surface area contributed by atoms with Gasteiger partial charge in [0.1, 0.15) is 5.76 Å². The van der Waals surface area contributed by atoms with Crippen molar-refractivity contribution in [2.24, 2.45) is 0 Å². The Hall–Kier alpha value is -1.15. The van der Waals surface area contributed by atoms with Crippen LogP contribution in [0.4, 0.5) is 0 Å². The minimum atomic E-state index is -3.51. The third-order valence-electron chi connectivity index (χ3n) is 2.89. The highest BCUT2D eigenvalue weighted by Gasteiger charge is 2.21. The fraction of sp³-hybridized carbons (Fsp3) is 0.286. The van der Waals surface area contributed by atoms with Crippen LogP contribution in [-0.4, -0.2) is 26.8 Å². The number of halogens is 1. The largest absolute Gasteiger partial charge is 0.447 e. The Morgan fingerprint density at radius 3 is 2.62 bits per heavy atom. The molecule has 0 radical (unpaired) electrons. The SMILES string of the molecule is CN(C)S(=O)(=O)c1ccc(CNCc2cccc(Br)c2)o1. The molecular formula is C14H17BrN2O3S. The molecule has 1 aromatic heterocycles. The van der Waals surface area contributed by atoms with E-state index in [1.165, 1.54) is 20.2 Å². The molecule has 2 rings (SSSR count).